The summed E-state index contributed by atoms with van der Waals surface area (Å²) in [5, 5.41) is 3.88. The Morgan fingerprint density at radius 3 is 2.42 bits per heavy atom. The molecule has 1 saturated heterocycles. The van der Waals surface area contributed by atoms with E-state index in [1.807, 2.05) is 0 Å². The molecule has 0 spiro atoms. The molecule has 198 valence electrons. The zero-order valence-electron chi connectivity index (χ0n) is 21.2. The van der Waals surface area contributed by atoms with Crippen LogP contribution in [-0.2, 0) is 10.2 Å². The van der Waals surface area contributed by atoms with Crippen LogP contribution in [0.3, 0.4) is 0 Å². The summed E-state index contributed by atoms with van der Waals surface area (Å²) in [6, 6.07) is 6.83. The molecular formula is C29H30F2N4O3. The lowest BCUT2D eigenvalue weighted by atomic mass is 9.70. The van der Waals surface area contributed by atoms with Crippen molar-refractivity contribution in [1.82, 2.24) is 20.0 Å². The first-order valence-corrected chi connectivity index (χ1v) is 13.3. The van der Waals surface area contributed by atoms with Gasteiger partial charge in [-0.1, -0.05) is 18.0 Å². The van der Waals surface area contributed by atoms with Crippen LogP contribution in [0.5, 0.6) is 0 Å². The molecule has 1 aromatic carbocycles. The van der Waals surface area contributed by atoms with E-state index in [1.165, 1.54) is 25.0 Å². The molecule has 2 saturated carbocycles. The smallest absolute Gasteiger partial charge is 0.185 e. The standard InChI is InChI=1S/C29H30F2N4O3/c30-19-6-7-22(23(31)12-19)26-13-24(34-38-26)25(37)16-28(17-35(18-28)20-4-1-2-5-20)14-21(36)15-29(8-9-29)27-32-10-3-11-33-27/h3,6-7,10-13,20H,1-2,4-5,8-9,14-18H2. The highest BCUT2D eigenvalue weighted by Crippen LogP contribution is 2.51. The summed E-state index contributed by atoms with van der Waals surface area (Å²) >= 11 is 0. The van der Waals surface area contributed by atoms with Crippen molar-refractivity contribution in [3.8, 4) is 11.3 Å². The number of ketones is 2. The zero-order chi connectivity index (χ0) is 26.3. The Morgan fingerprint density at radius 2 is 1.74 bits per heavy atom. The lowest BCUT2D eigenvalue weighted by molar-refractivity contribution is -0.126. The molecule has 0 atom stereocenters. The van der Waals surface area contributed by atoms with E-state index in [0.717, 1.165) is 43.6 Å². The average molecular weight is 521 g/mol. The first kappa shape index (κ1) is 25.0. The zero-order valence-corrected chi connectivity index (χ0v) is 21.2. The Bertz CT molecular complexity index is 1340. The largest absolute Gasteiger partial charge is 0.355 e. The molecule has 6 rings (SSSR count). The van der Waals surface area contributed by atoms with Crippen molar-refractivity contribution in [1.29, 1.82) is 0 Å². The fraction of sp³-hybridized carbons (Fsp3) is 0.483. The first-order chi connectivity index (χ1) is 18.3. The molecule has 2 aromatic heterocycles. The van der Waals surface area contributed by atoms with E-state index in [2.05, 4.69) is 20.0 Å². The normalized spacial score (nSPS) is 20.3. The molecule has 3 aliphatic rings. The number of aromatic nitrogens is 3. The number of benzene rings is 1. The number of likely N-dealkylation sites (tertiary alicyclic amines) is 1. The van der Waals surface area contributed by atoms with E-state index < -0.39 is 17.0 Å². The van der Waals surface area contributed by atoms with Gasteiger partial charge in [-0.05, 0) is 43.9 Å². The molecule has 7 nitrogen and oxygen atoms in total. The van der Waals surface area contributed by atoms with Gasteiger partial charge in [-0.25, -0.2) is 18.7 Å². The fourth-order valence-electron chi connectivity index (χ4n) is 6.34. The van der Waals surface area contributed by atoms with Gasteiger partial charge in [-0.3, -0.25) is 14.5 Å². The third kappa shape index (κ3) is 4.91. The number of nitrogens with zero attached hydrogens (tertiary/aromatic N) is 4. The van der Waals surface area contributed by atoms with Crippen molar-refractivity contribution in [3.63, 3.8) is 0 Å². The molecule has 9 heteroatoms. The molecule has 0 amide bonds. The quantitative estimate of drug-likeness (QED) is 0.335. The van der Waals surface area contributed by atoms with E-state index in [9.17, 15) is 18.4 Å². The summed E-state index contributed by atoms with van der Waals surface area (Å²) in [6.45, 7) is 1.39. The van der Waals surface area contributed by atoms with Crippen LogP contribution in [0.15, 0.2) is 47.2 Å². The Kier molecular flexibility index (Phi) is 6.42. The van der Waals surface area contributed by atoms with Gasteiger partial charge in [0.15, 0.2) is 11.5 Å². The molecule has 0 N–H and O–H groups in total. The minimum atomic E-state index is -0.787. The maximum atomic E-state index is 14.2. The van der Waals surface area contributed by atoms with Crippen LogP contribution in [0.2, 0.25) is 0 Å². The lowest BCUT2D eigenvalue weighted by Gasteiger charge is -2.52. The second-order valence-corrected chi connectivity index (χ2v) is 11.4. The van der Waals surface area contributed by atoms with Gasteiger partial charge in [0.2, 0.25) is 0 Å². The van der Waals surface area contributed by atoms with Crippen molar-refractivity contribution in [2.45, 2.75) is 69.2 Å². The van der Waals surface area contributed by atoms with Crippen LogP contribution in [0, 0.1) is 17.0 Å². The van der Waals surface area contributed by atoms with Gasteiger partial charge >= 0.3 is 0 Å². The van der Waals surface area contributed by atoms with Gasteiger partial charge < -0.3 is 4.52 Å². The predicted molar refractivity (Wildman–Crippen MR) is 134 cm³/mol. The molecule has 1 aliphatic heterocycles. The number of hydrogen-bond donors (Lipinski definition) is 0. The van der Waals surface area contributed by atoms with Crippen molar-refractivity contribution in [2.24, 2.45) is 5.41 Å². The first-order valence-electron chi connectivity index (χ1n) is 13.3. The molecule has 3 aromatic rings. The van der Waals surface area contributed by atoms with Crippen molar-refractivity contribution in [2.75, 3.05) is 13.1 Å². The van der Waals surface area contributed by atoms with Crippen molar-refractivity contribution >= 4 is 11.6 Å². The summed E-state index contributed by atoms with van der Waals surface area (Å²) in [4.78, 5) is 37.9. The molecule has 2 aliphatic carbocycles. The van der Waals surface area contributed by atoms with Gasteiger partial charge in [0.05, 0.1) is 5.56 Å². The maximum absolute atomic E-state index is 14.2. The molecule has 3 fully saturated rings. The molecule has 0 bridgehead atoms. The fourth-order valence-corrected chi connectivity index (χ4v) is 6.34. The summed E-state index contributed by atoms with van der Waals surface area (Å²) in [5.41, 5.74) is -0.619. The summed E-state index contributed by atoms with van der Waals surface area (Å²) < 4.78 is 32.8. The van der Waals surface area contributed by atoms with Crippen LogP contribution >= 0.6 is 0 Å². The predicted octanol–water partition coefficient (Wildman–Crippen LogP) is 5.31. The van der Waals surface area contributed by atoms with Crippen molar-refractivity contribution < 1.29 is 22.9 Å². The van der Waals surface area contributed by atoms with Crippen LogP contribution in [-0.4, -0.2) is 50.7 Å². The number of rotatable bonds is 10. The minimum Gasteiger partial charge on any atom is -0.355 e. The van der Waals surface area contributed by atoms with E-state index in [-0.39, 0.29) is 40.4 Å². The number of hydrogen-bond acceptors (Lipinski definition) is 7. The Labute approximate surface area is 219 Å². The lowest BCUT2D eigenvalue weighted by Crippen LogP contribution is -2.60. The van der Waals surface area contributed by atoms with Gasteiger partial charge in [0.25, 0.3) is 0 Å². The van der Waals surface area contributed by atoms with E-state index in [0.29, 0.717) is 32.0 Å². The maximum Gasteiger partial charge on any atom is 0.185 e. The second kappa shape index (κ2) is 9.76. The third-order valence-corrected chi connectivity index (χ3v) is 8.45. The molecular weight excluding hydrogens is 490 g/mol. The van der Waals surface area contributed by atoms with Crippen LogP contribution in [0.4, 0.5) is 8.78 Å². The summed E-state index contributed by atoms with van der Waals surface area (Å²) in [7, 11) is 0. The molecule has 38 heavy (non-hydrogen) atoms. The van der Waals surface area contributed by atoms with E-state index >= 15 is 0 Å². The Morgan fingerprint density at radius 1 is 1.00 bits per heavy atom. The minimum absolute atomic E-state index is 0.0387. The van der Waals surface area contributed by atoms with Crippen LogP contribution < -0.4 is 0 Å². The average Bonchev–Trinajstić information content (AvgIpc) is 3.26. The van der Waals surface area contributed by atoms with Crippen LogP contribution in [0.1, 0.15) is 74.1 Å². The summed E-state index contributed by atoms with van der Waals surface area (Å²) in [5.74, 6) is -0.808. The van der Waals surface area contributed by atoms with E-state index in [1.54, 1.807) is 18.5 Å². The summed E-state index contributed by atoms with van der Waals surface area (Å²) in [6.07, 6.45) is 10.8. The highest BCUT2D eigenvalue weighted by atomic mass is 19.1. The van der Waals surface area contributed by atoms with Gasteiger partial charge in [-0.2, -0.15) is 0 Å². The SMILES string of the molecule is O=C(CC1(CC(=O)c2cc(-c3ccc(F)cc3F)on2)CN(C2CCCC2)C1)CC1(c2ncccn2)CC1. The van der Waals surface area contributed by atoms with Crippen LogP contribution in [0.25, 0.3) is 11.3 Å². The van der Waals surface area contributed by atoms with Crippen molar-refractivity contribution in [3.05, 3.63) is 65.9 Å². The molecule has 0 unspecified atom stereocenters. The number of halogens is 2. The topological polar surface area (TPSA) is 89.2 Å². The second-order valence-electron chi connectivity index (χ2n) is 11.4. The Balaban J connectivity index is 1.17. The monoisotopic (exact) mass is 520 g/mol. The third-order valence-electron chi connectivity index (χ3n) is 8.45. The van der Waals surface area contributed by atoms with Gasteiger partial charge in [-0.15, -0.1) is 0 Å². The Hall–Kier alpha value is -3.33. The highest BCUT2D eigenvalue weighted by molar-refractivity contribution is 5.96. The van der Waals surface area contributed by atoms with Gasteiger partial charge in [0, 0.05) is 73.8 Å². The molecule has 0 radical (unpaired) electrons. The number of carbonyl (C=O) groups excluding carboxylic acids is 2. The highest BCUT2D eigenvalue weighted by Gasteiger charge is 2.52. The number of carbonyl (C=O) groups is 2. The number of Topliss-reactive ketones (excluding diaryl/α,β-unsaturated/α-hetero) is 2. The van der Waals surface area contributed by atoms with Gasteiger partial charge in [0.1, 0.15) is 28.9 Å². The molecule has 3 heterocycles. The van der Waals surface area contributed by atoms with E-state index in [4.69, 9.17) is 4.52 Å².